The van der Waals surface area contributed by atoms with Crippen molar-refractivity contribution in [2.24, 2.45) is 0 Å². The third-order valence-electron chi connectivity index (χ3n) is 2.78. The summed E-state index contributed by atoms with van der Waals surface area (Å²) in [4.78, 5) is 26.7. The van der Waals surface area contributed by atoms with Gasteiger partial charge in [-0.3, -0.25) is 9.59 Å². The van der Waals surface area contributed by atoms with E-state index in [9.17, 15) is 9.59 Å². The van der Waals surface area contributed by atoms with E-state index in [0.717, 1.165) is 4.88 Å². The Kier molecular flexibility index (Phi) is 5.51. The third-order valence-corrected chi connectivity index (χ3v) is 3.74. The minimum absolute atomic E-state index is 0.0467. The van der Waals surface area contributed by atoms with Crippen molar-refractivity contribution in [1.82, 2.24) is 4.90 Å². The summed E-state index contributed by atoms with van der Waals surface area (Å²) < 4.78 is 0. The zero-order valence-corrected chi connectivity index (χ0v) is 13.2. The molecular weight excluding hydrogens is 274 g/mol. The smallest absolute Gasteiger partial charge is 0.305 e. The molecule has 0 unspecified atom stereocenters. The van der Waals surface area contributed by atoms with Gasteiger partial charge in [0.2, 0.25) is 5.91 Å². The number of carbonyl (C=O) groups is 2. The maximum atomic E-state index is 12.2. The highest BCUT2D eigenvalue weighted by Crippen LogP contribution is 2.18. The van der Waals surface area contributed by atoms with E-state index in [1.54, 1.807) is 22.3 Å². The predicted molar refractivity (Wildman–Crippen MR) is 81.8 cm³/mol. The highest BCUT2D eigenvalue weighted by molar-refractivity contribution is 7.12. The van der Waals surface area contributed by atoms with Crippen molar-refractivity contribution in [2.75, 3.05) is 6.54 Å². The molecule has 1 rings (SSSR count). The van der Waals surface area contributed by atoms with Gasteiger partial charge in [0.05, 0.1) is 6.42 Å². The SMILES string of the molecule is Cc1ccc(/C=C/C(=O)N(CCC(=O)O)C(C)(C)C)s1. The largest absolute Gasteiger partial charge is 0.481 e. The molecule has 0 saturated heterocycles. The fourth-order valence-corrected chi connectivity index (χ4v) is 2.55. The maximum absolute atomic E-state index is 12.2. The summed E-state index contributed by atoms with van der Waals surface area (Å²) in [6.45, 7) is 7.92. The van der Waals surface area contributed by atoms with Crippen LogP contribution in [0.2, 0.25) is 0 Å². The molecule has 1 heterocycles. The summed E-state index contributed by atoms with van der Waals surface area (Å²) in [5.41, 5.74) is -0.401. The molecule has 20 heavy (non-hydrogen) atoms. The fraction of sp³-hybridized carbons (Fsp3) is 0.467. The van der Waals surface area contributed by atoms with Crippen LogP contribution in [0.4, 0.5) is 0 Å². The average molecular weight is 295 g/mol. The molecule has 0 saturated carbocycles. The number of rotatable bonds is 5. The molecule has 0 bridgehead atoms. The number of amides is 1. The topological polar surface area (TPSA) is 57.6 Å². The number of hydrogen-bond acceptors (Lipinski definition) is 3. The Bertz CT molecular complexity index is 511. The molecular formula is C15H21NO3S. The van der Waals surface area contributed by atoms with Crippen LogP contribution in [0.15, 0.2) is 18.2 Å². The van der Waals surface area contributed by atoms with Gasteiger partial charge >= 0.3 is 5.97 Å². The van der Waals surface area contributed by atoms with Crippen molar-refractivity contribution >= 4 is 29.3 Å². The van der Waals surface area contributed by atoms with E-state index >= 15 is 0 Å². The Hall–Kier alpha value is -1.62. The summed E-state index contributed by atoms with van der Waals surface area (Å²) in [6.07, 6.45) is 3.24. The normalized spacial score (nSPS) is 11.8. The number of carboxylic acids is 1. The van der Waals surface area contributed by atoms with Gasteiger partial charge in [-0.05, 0) is 45.9 Å². The molecule has 0 radical (unpaired) electrons. The number of carbonyl (C=O) groups excluding carboxylic acids is 1. The van der Waals surface area contributed by atoms with Crippen LogP contribution in [0, 0.1) is 6.92 Å². The Morgan fingerprint density at radius 1 is 1.35 bits per heavy atom. The molecule has 0 aliphatic rings. The molecule has 0 aliphatic carbocycles. The number of nitrogens with zero attached hydrogens (tertiary/aromatic N) is 1. The summed E-state index contributed by atoms with van der Waals surface area (Å²) >= 11 is 1.62. The zero-order chi connectivity index (χ0) is 15.3. The number of hydrogen-bond donors (Lipinski definition) is 1. The van der Waals surface area contributed by atoms with E-state index in [1.165, 1.54) is 11.0 Å². The Morgan fingerprint density at radius 2 is 2.00 bits per heavy atom. The lowest BCUT2D eigenvalue weighted by molar-refractivity contribution is -0.139. The van der Waals surface area contributed by atoms with Crippen molar-refractivity contribution < 1.29 is 14.7 Å². The Balaban J connectivity index is 2.77. The van der Waals surface area contributed by atoms with E-state index in [1.807, 2.05) is 39.8 Å². The van der Waals surface area contributed by atoms with Crippen LogP contribution in [0.5, 0.6) is 0 Å². The first-order chi connectivity index (χ1) is 9.20. The number of aryl methyl sites for hydroxylation is 1. The number of thiophene rings is 1. The van der Waals surface area contributed by atoms with Gasteiger partial charge in [0.1, 0.15) is 0 Å². The van der Waals surface area contributed by atoms with Crippen LogP contribution in [-0.4, -0.2) is 34.0 Å². The first-order valence-corrected chi connectivity index (χ1v) is 7.29. The second kappa shape index (κ2) is 6.70. The van der Waals surface area contributed by atoms with Gasteiger partial charge in [-0.15, -0.1) is 11.3 Å². The van der Waals surface area contributed by atoms with Crippen molar-refractivity contribution in [3.05, 3.63) is 28.0 Å². The Labute approximate surface area is 123 Å². The second-order valence-electron chi connectivity index (χ2n) is 5.59. The predicted octanol–water partition coefficient (Wildman–Crippen LogP) is 3.17. The van der Waals surface area contributed by atoms with Gasteiger partial charge in [-0.2, -0.15) is 0 Å². The lowest BCUT2D eigenvalue weighted by Gasteiger charge is -2.34. The van der Waals surface area contributed by atoms with Gasteiger partial charge in [0.25, 0.3) is 0 Å². The summed E-state index contributed by atoms with van der Waals surface area (Å²) in [7, 11) is 0. The van der Waals surface area contributed by atoms with Gasteiger partial charge in [0, 0.05) is 27.9 Å². The highest BCUT2D eigenvalue weighted by atomic mass is 32.1. The van der Waals surface area contributed by atoms with Crippen LogP contribution in [-0.2, 0) is 9.59 Å². The van der Waals surface area contributed by atoms with Gasteiger partial charge in [0.15, 0.2) is 0 Å². The molecule has 0 atom stereocenters. The van der Waals surface area contributed by atoms with Crippen molar-refractivity contribution in [2.45, 2.75) is 39.7 Å². The molecule has 110 valence electrons. The number of aliphatic carboxylic acids is 1. The summed E-state index contributed by atoms with van der Waals surface area (Å²) in [6, 6.07) is 3.96. The molecule has 5 heteroatoms. The first kappa shape index (κ1) is 16.4. The maximum Gasteiger partial charge on any atom is 0.305 e. The van der Waals surface area contributed by atoms with E-state index in [-0.39, 0.29) is 18.9 Å². The summed E-state index contributed by atoms with van der Waals surface area (Å²) in [5, 5.41) is 8.77. The molecule has 0 aliphatic heterocycles. The number of carboxylic acid groups (broad SMARTS) is 1. The summed E-state index contributed by atoms with van der Waals surface area (Å²) in [5.74, 6) is -1.06. The second-order valence-corrected chi connectivity index (χ2v) is 6.91. The van der Waals surface area contributed by atoms with Crippen LogP contribution in [0.25, 0.3) is 6.08 Å². The van der Waals surface area contributed by atoms with Crippen LogP contribution in [0.1, 0.15) is 36.9 Å². The van der Waals surface area contributed by atoms with Crippen LogP contribution < -0.4 is 0 Å². The molecule has 1 aromatic rings. The monoisotopic (exact) mass is 295 g/mol. The fourth-order valence-electron chi connectivity index (χ4n) is 1.77. The minimum Gasteiger partial charge on any atom is -0.481 e. The minimum atomic E-state index is -0.898. The van der Waals surface area contributed by atoms with Gasteiger partial charge < -0.3 is 10.0 Å². The Morgan fingerprint density at radius 3 is 2.45 bits per heavy atom. The first-order valence-electron chi connectivity index (χ1n) is 6.48. The average Bonchev–Trinajstić information content (AvgIpc) is 2.70. The van der Waals surface area contributed by atoms with E-state index in [2.05, 4.69) is 0 Å². The third kappa shape index (κ3) is 5.17. The quantitative estimate of drug-likeness (QED) is 0.849. The van der Waals surface area contributed by atoms with E-state index in [0.29, 0.717) is 0 Å². The molecule has 1 aromatic heterocycles. The lowest BCUT2D eigenvalue weighted by Crippen LogP contribution is -2.45. The molecule has 4 nitrogen and oxygen atoms in total. The van der Waals surface area contributed by atoms with E-state index < -0.39 is 11.5 Å². The van der Waals surface area contributed by atoms with Gasteiger partial charge in [-0.1, -0.05) is 0 Å². The van der Waals surface area contributed by atoms with Crippen molar-refractivity contribution in [3.8, 4) is 0 Å². The van der Waals surface area contributed by atoms with Crippen molar-refractivity contribution in [3.63, 3.8) is 0 Å². The van der Waals surface area contributed by atoms with Crippen LogP contribution >= 0.6 is 11.3 Å². The van der Waals surface area contributed by atoms with E-state index in [4.69, 9.17) is 5.11 Å². The molecule has 0 aromatic carbocycles. The standard InChI is InChI=1S/C15H21NO3S/c1-11-5-6-12(20-11)7-8-13(17)16(15(2,3)4)10-9-14(18)19/h5-8H,9-10H2,1-4H3,(H,18,19)/b8-7+. The molecule has 0 spiro atoms. The highest BCUT2D eigenvalue weighted by Gasteiger charge is 2.25. The van der Waals surface area contributed by atoms with Gasteiger partial charge in [-0.25, -0.2) is 0 Å². The lowest BCUT2D eigenvalue weighted by atomic mass is 10.1. The van der Waals surface area contributed by atoms with Crippen molar-refractivity contribution in [1.29, 1.82) is 0 Å². The molecule has 1 N–H and O–H groups in total. The zero-order valence-electron chi connectivity index (χ0n) is 12.3. The molecule has 0 fully saturated rings. The molecule has 1 amide bonds. The van der Waals surface area contributed by atoms with Crippen LogP contribution in [0.3, 0.4) is 0 Å².